The molecule has 3 rings (SSSR count). The third-order valence-electron chi connectivity index (χ3n) is 4.93. The lowest BCUT2D eigenvalue weighted by atomic mass is 9.89. The summed E-state index contributed by atoms with van der Waals surface area (Å²) in [6.07, 6.45) is 0.682. The average molecular weight is 383 g/mol. The van der Waals surface area contributed by atoms with Gasteiger partial charge in [0.2, 0.25) is 0 Å². The van der Waals surface area contributed by atoms with Crippen LogP contribution >= 0.6 is 0 Å². The third-order valence-corrected chi connectivity index (χ3v) is 4.93. The first-order chi connectivity index (χ1) is 13.3. The summed E-state index contributed by atoms with van der Waals surface area (Å²) in [5.41, 5.74) is 1.81. The molecule has 0 aromatic heterocycles. The SMILES string of the molecule is COc1ccc2c(c1)OC(C)(C)C[C@H]2NC(=O)COc1ccc(C(C)C)cc1. The van der Waals surface area contributed by atoms with Crippen LogP contribution in [0.3, 0.4) is 0 Å². The number of methoxy groups -OCH3 is 1. The smallest absolute Gasteiger partial charge is 0.258 e. The summed E-state index contributed by atoms with van der Waals surface area (Å²) in [6, 6.07) is 13.4. The van der Waals surface area contributed by atoms with Crippen LogP contribution in [-0.4, -0.2) is 25.2 Å². The molecule has 0 aliphatic carbocycles. The average Bonchev–Trinajstić information content (AvgIpc) is 2.65. The van der Waals surface area contributed by atoms with Crippen LogP contribution in [0.1, 0.15) is 57.2 Å². The van der Waals surface area contributed by atoms with E-state index in [-0.39, 0.29) is 24.2 Å². The van der Waals surface area contributed by atoms with Crippen LogP contribution in [0.15, 0.2) is 42.5 Å². The number of nitrogens with one attached hydrogen (secondary N) is 1. The maximum Gasteiger partial charge on any atom is 0.258 e. The van der Waals surface area contributed by atoms with E-state index in [1.807, 2.05) is 56.3 Å². The fraction of sp³-hybridized carbons (Fsp3) is 0.435. The summed E-state index contributed by atoms with van der Waals surface area (Å²) < 4.78 is 17.0. The molecule has 1 aliphatic heterocycles. The van der Waals surface area contributed by atoms with Crippen molar-refractivity contribution in [1.29, 1.82) is 0 Å². The first kappa shape index (κ1) is 20.1. The molecular weight excluding hydrogens is 354 g/mol. The lowest BCUT2D eigenvalue weighted by molar-refractivity contribution is -0.124. The normalized spacial score (nSPS) is 17.4. The van der Waals surface area contributed by atoms with Crippen LogP contribution in [0.4, 0.5) is 0 Å². The Bertz CT molecular complexity index is 827. The van der Waals surface area contributed by atoms with Gasteiger partial charge in [-0.3, -0.25) is 4.79 Å². The van der Waals surface area contributed by atoms with Crippen molar-refractivity contribution in [3.63, 3.8) is 0 Å². The predicted molar refractivity (Wildman–Crippen MR) is 109 cm³/mol. The number of hydrogen-bond acceptors (Lipinski definition) is 4. The fourth-order valence-corrected chi connectivity index (χ4v) is 3.42. The van der Waals surface area contributed by atoms with Gasteiger partial charge >= 0.3 is 0 Å². The number of fused-ring (bicyclic) bond motifs is 1. The van der Waals surface area contributed by atoms with E-state index in [1.54, 1.807) is 7.11 Å². The summed E-state index contributed by atoms with van der Waals surface area (Å²) >= 11 is 0. The molecule has 1 atom stereocenters. The summed E-state index contributed by atoms with van der Waals surface area (Å²) in [4.78, 5) is 12.5. The van der Waals surface area contributed by atoms with Gasteiger partial charge in [0.15, 0.2) is 6.61 Å². The zero-order valence-corrected chi connectivity index (χ0v) is 17.2. The minimum absolute atomic E-state index is 0.0235. The van der Waals surface area contributed by atoms with E-state index in [2.05, 4.69) is 19.2 Å². The van der Waals surface area contributed by atoms with E-state index in [1.165, 1.54) is 5.56 Å². The Morgan fingerprint density at radius 3 is 2.50 bits per heavy atom. The number of rotatable bonds is 6. The second-order valence-corrected chi connectivity index (χ2v) is 8.10. The van der Waals surface area contributed by atoms with Crippen LogP contribution in [0.5, 0.6) is 17.2 Å². The highest BCUT2D eigenvalue weighted by atomic mass is 16.5. The Kier molecular flexibility index (Phi) is 5.82. The van der Waals surface area contributed by atoms with E-state index in [4.69, 9.17) is 14.2 Å². The van der Waals surface area contributed by atoms with Crippen LogP contribution in [0, 0.1) is 0 Å². The second kappa shape index (κ2) is 8.13. The largest absolute Gasteiger partial charge is 0.497 e. The molecule has 2 aromatic carbocycles. The molecule has 5 heteroatoms. The van der Waals surface area contributed by atoms with Crippen molar-refractivity contribution in [1.82, 2.24) is 5.32 Å². The highest BCUT2D eigenvalue weighted by Gasteiger charge is 2.34. The van der Waals surface area contributed by atoms with Gasteiger partial charge in [-0.2, -0.15) is 0 Å². The summed E-state index contributed by atoms with van der Waals surface area (Å²) in [5.74, 6) is 2.48. The van der Waals surface area contributed by atoms with Crippen molar-refractivity contribution < 1.29 is 19.0 Å². The fourth-order valence-electron chi connectivity index (χ4n) is 3.42. The van der Waals surface area contributed by atoms with Crippen LogP contribution < -0.4 is 19.5 Å². The molecule has 0 radical (unpaired) electrons. The Hall–Kier alpha value is -2.69. The molecule has 0 saturated heterocycles. The van der Waals surface area contributed by atoms with Gasteiger partial charge in [-0.25, -0.2) is 0 Å². The van der Waals surface area contributed by atoms with Gasteiger partial charge in [0, 0.05) is 18.1 Å². The first-order valence-electron chi connectivity index (χ1n) is 9.66. The summed E-state index contributed by atoms with van der Waals surface area (Å²) in [7, 11) is 1.62. The van der Waals surface area contributed by atoms with Gasteiger partial charge < -0.3 is 19.5 Å². The van der Waals surface area contributed by atoms with Crippen LogP contribution in [-0.2, 0) is 4.79 Å². The monoisotopic (exact) mass is 383 g/mol. The van der Waals surface area contributed by atoms with E-state index >= 15 is 0 Å². The molecule has 1 N–H and O–H groups in total. The Labute approximate surface area is 167 Å². The Morgan fingerprint density at radius 1 is 1.18 bits per heavy atom. The molecule has 0 bridgehead atoms. The number of hydrogen-bond donors (Lipinski definition) is 1. The quantitative estimate of drug-likeness (QED) is 0.791. The molecule has 2 aromatic rings. The molecule has 1 heterocycles. The lowest BCUT2D eigenvalue weighted by Crippen LogP contribution is -2.42. The van der Waals surface area contributed by atoms with Crippen molar-refractivity contribution in [2.45, 2.75) is 51.7 Å². The van der Waals surface area contributed by atoms with Crippen LogP contribution in [0.2, 0.25) is 0 Å². The predicted octanol–water partition coefficient (Wildman–Crippen LogP) is 4.62. The van der Waals surface area contributed by atoms with Crippen molar-refractivity contribution in [3.05, 3.63) is 53.6 Å². The van der Waals surface area contributed by atoms with Gasteiger partial charge in [-0.05, 0) is 49.6 Å². The molecule has 5 nitrogen and oxygen atoms in total. The topological polar surface area (TPSA) is 56.8 Å². The molecule has 0 saturated carbocycles. The van der Waals surface area contributed by atoms with Crippen molar-refractivity contribution in [3.8, 4) is 17.2 Å². The lowest BCUT2D eigenvalue weighted by Gasteiger charge is -2.38. The van der Waals surface area contributed by atoms with Gasteiger partial charge in [0.05, 0.1) is 13.2 Å². The van der Waals surface area contributed by atoms with Crippen molar-refractivity contribution in [2.75, 3.05) is 13.7 Å². The molecular formula is C23H29NO4. The Morgan fingerprint density at radius 2 is 1.86 bits per heavy atom. The maximum absolute atomic E-state index is 12.5. The van der Waals surface area contributed by atoms with Crippen LogP contribution in [0.25, 0.3) is 0 Å². The first-order valence-corrected chi connectivity index (χ1v) is 9.66. The zero-order valence-electron chi connectivity index (χ0n) is 17.2. The maximum atomic E-state index is 12.5. The van der Waals surface area contributed by atoms with Crippen molar-refractivity contribution in [2.24, 2.45) is 0 Å². The number of carbonyl (C=O) groups excluding carboxylic acids is 1. The van der Waals surface area contributed by atoms with Crippen molar-refractivity contribution >= 4 is 5.91 Å². The van der Waals surface area contributed by atoms with E-state index in [0.29, 0.717) is 18.1 Å². The highest BCUT2D eigenvalue weighted by molar-refractivity contribution is 5.78. The molecule has 0 unspecified atom stereocenters. The number of benzene rings is 2. The summed E-state index contributed by atoms with van der Waals surface area (Å²) in [5, 5.41) is 3.08. The summed E-state index contributed by atoms with van der Waals surface area (Å²) in [6.45, 7) is 8.30. The van der Waals surface area contributed by atoms with E-state index in [0.717, 1.165) is 17.1 Å². The van der Waals surface area contributed by atoms with Gasteiger partial charge in [-0.1, -0.05) is 26.0 Å². The second-order valence-electron chi connectivity index (χ2n) is 8.10. The minimum atomic E-state index is -0.384. The minimum Gasteiger partial charge on any atom is -0.497 e. The molecule has 1 amide bonds. The van der Waals surface area contributed by atoms with E-state index in [9.17, 15) is 4.79 Å². The molecule has 150 valence electrons. The zero-order chi connectivity index (χ0) is 20.3. The van der Waals surface area contributed by atoms with E-state index < -0.39 is 0 Å². The Balaban J connectivity index is 1.65. The standard InChI is InChI=1S/C23H29NO4/c1-15(2)16-6-8-17(9-7-16)27-14-22(25)24-20-13-23(3,4)28-21-12-18(26-5)10-11-19(20)21/h6-12,15,20H,13-14H2,1-5H3,(H,24,25)/t20-/m1/s1. The molecule has 0 fully saturated rings. The number of carbonyl (C=O) groups is 1. The molecule has 0 spiro atoms. The number of amides is 1. The van der Waals surface area contributed by atoms with Gasteiger partial charge in [0.1, 0.15) is 22.8 Å². The molecule has 28 heavy (non-hydrogen) atoms. The third kappa shape index (κ3) is 4.77. The van der Waals surface area contributed by atoms with Gasteiger partial charge in [-0.15, -0.1) is 0 Å². The molecule has 1 aliphatic rings. The van der Waals surface area contributed by atoms with Gasteiger partial charge in [0.25, 0.3) is 5.91 Å². The highest BCUT2D eigenvalue weighted by Crippen LogP contribution is 2.41. The number of ether oxygens (including phenoxy) is 3.